The van der Waals surface area contributed by atoms with Crippen LogP contribution in [-0.2, 0) is 11.2 Å². The van der Waals surface area contributed by atoms with Crippen LogP contribution in [-0.4, -0.2) is 23.7 Å². The summed E-state index contributed by atoms with van der Waals surface area (Å²) in [5, 5.41) is 8.70. The molecule has 0 heterocycles. The molecule has 3 N–H and O–H groups in total. The minimum absolute atomic E-state index is 0.336. The van der Waals surface area contributed by atoms with Crippen LogP contribution in [0.25, 0.3) is 0 Å². The van der Waals surface area contributed by atoms with Crippen LogP contribution in [0, 0.1) is 6.92 Å². The SMILES string of the molecule is CCOc1ccc(CC(N)C(=O)O)cc1C. The van der Waals surface area contributed by atoms with Gasteiger partial charge in [0.1, 0.15) is 11.8 Å². The highest BCUT2D eigenvalue weighted by Crippen LogP contribution is 2.19. The Morgan fingerprint density at radius 2 is 2.25 bits per heavy atom. The number of nitrogens with two attached hydrogens (primary N) is 1. The van der Waals surface area contributed by atoms with Crippen molar-refractivity contribution in [3.05, 3.63) is 29.3 Å². The molecule has 0 radical (unpaired) electrons. The van der Waals surface area contributed by atoms with Crippen molar-refractivity contribution in [1.29, 1.82) is 0 Å². The Balaban J connectivity index is 2.77. The lowest BCUT2D eigenvalue weighted by Crippen LogP contribution is -2.32. The molecule has 4 nitrogen and oxygen atoms in total. The molecule has 0 aromatic heterocycles. The molecule has 1 aromatic rings. The van der Waals surface area contributed by atoms with E-state index in [-0.39, 0.29) is 0 Å². The second kappa shape index (κ2) is 5.51. The topological polar surface area (TPSA) is 72.5 Å². The summed E-state index contributed by atoms with van der Waals surface area (Å²) in [4.78, 5) is 10.6. The number of hydrogen-bond acceptors (Lipinski definition) is 3. The molecule has 1 atom stereocenters. The first kappa shape index (κ1) is 12.5. The molecule has 0 aliphatic rings. The van der Waals surface area contributed by atoms with Crippen LogP contribution in [0.15, 0.2) is 18.2 Å². The number of rotatable bonds is 5. The molecule has 1 aromatic carbocycles. The Morgan fingerprint density at radius 3 is 2.75 bits per heavy atom. The first-order chi connectivity index (χ1) is 7.54. The summed E-state index contributed by atoms with van der Waals surface area (Å²) < 4.78 is 5.40. The standard InChI is InChI=1S/C12H17NO3/c1-3-16-11-5-4-9(6-8(11)2)7-10(13)12(14)15/h4-6,10H,3,7,13H2,1-2H3,(H,14,15). The van der Waals surface area contributed by atoms with Crippen LogP contribution in [0.2, 0.25) is 0 Å². The third-order valence-corrected chi connectivity index (χ3v) is 2.31. The average molecular weight is 223 g/mol. The number of hydrogen-bond donors (Lipinski definition) is 2. The fourth-order valence-corrected chi connectivity index (χ4v) is 1.50. The zero-order valence-electron chi connectivity index (χ0n) is 9.56. The highest BCUT2D eigenvalue weighted by Gasteiger charge is 2.12. The van der Waals surface area contributed by atoms with E-state index in [1.54, 1.807) is 0 Å². The number of aryl methyl sites for hydroxylation is 1. The maximum absolute atomic E-state index is 10.6. The third kappa shape index (κ3) is 3.24. The maximum Gasteiger partial charge on any atom is 0.320 e. The average Bonchev–Trinajstić information content (AvgIpc) is 2.22. The first-order valence-electron chi connectivity index (χ1n) is 5.25. The molecule has 0 saturated carbocycles. The van der Waals surface area contributed by atoms with Gasteiger partial charge >= 0.3 is 5.97 Å². The zero-order chi connectivity index (χ0) is 12.1. The summed E-state index contributed by atoms with van der Waals surface area (Å²) in [6, 6.07) is 4.76. The molecule has 0 spiro atoms. The van der Waals surface area contributed by atoms with Crippen molar-refractivity contribution in [2.45, 2.75) is 26.3 Å². The second-order valence-corrected chi connectivity index (χ2v) is 3.68. The lowest BCUT2D eigenvalue weighted by atomic mass is 10.0. The van der Waals surface area contributed by atoms with Crippen molar-refractivity contribution < 1.29 is 14.6 Å². The van der Waals surface area contributed by atoms with Crippen LogP contribution in [0.3, 0.4) is 0 Å². The summed E-state index contributed by atoms with van der Waals surface area (Å²) in [5.74, 6) is -0.151. The van der Waals surface area contributed by atoms with E-state index in [4.69, 9.17) is 15.6 Å². The Morgan fingerprint density at radius 1 is 1.56 bits per heavy atom. The normalized spacial score (nSPS) is 12.2. The van der Waals surface area contributed by atoms with Crippen LogP contribution in [0.4, 0.5) is 0 Å². The molecule has 1 unspecified atom stereocenters. The van der Waals surface area contributed by atoms with E-state index < -0.39 is 12.0 Å². The third-order valence-electron chi connectivity index (χ3n) is 2.31. The van der Waals surface area contributed by atoms with Gasteiger partial charge in [-0.05, 0) is 37.5 Å². The van der Waals surface area contributed by atoms with Gasteiger partial charge in [-0.1, -0.05) is 12.1 Å². The predicted octanol–water partition coefficient (Wildman–Crippen LogP) is 1.35. The van der Waals surface area contributed by atoms with Gasteiger partial charge in [0.15, 0.2) is 0 Å². The Bertz CT molecular complexity index is 377. The Kier molecular flexibility index (Phi) is 4.31. The number of aliphatic carboxylic acids is 1. The minimum atomic E-state index is -0.980. The molecule has 0 fully saturated rings. The van der Waals surface area contributed by atoms with Crippen LogP contribution >= 0.6 is 0 Å². The van der Waals surface area contributed by atoms with Crippen LogP contribution in [0.5, 0.6) is 5.75 Å². The number of carbonyl (C=O) groups is 1. The minimum Gasteiger partial charge on any atom is -0.494 e. The maximum atomic E-state index is 10.6. The van der Waals surface area contributed by atoms with Gasteiger partial charge in [-0.3, -0.25) is 4.79 Å². The van der Waals surface area contributed by atoms with E-state index in [0.717, 1.165) is 16.9 Å². The van der Waals surface area contributed by atoms with E-state index in [0.29, 0.717) is 13.0 Å². The highest BCUT2D eigenvalue weighted by molar-refractivity contribution is 5.73. The van der Waals surface area contributed by atoms with Gasteiger partial charge in [0, 0.05) is 0 Å². The van der Waals surface area contributed by atoms with Crippen molar-refractivity contribution >= 4 is 5.97 Å². The molecule has 0 aliphatic carbocycles. The van der Waals surface area contributed by atoms with Gasteiger partial charge in [0.2, 0.25) is 0 Å². The van der Waals surface area contributed by atoms with Crippen LogP contribution < -0.4 is 10.5 Å². The fraction of sp³-hybridized carbons (Fsp3) is 0.417. The Hall–Kier alpha value is -1.55. The van der Waals surface area contributed by atoms with Crippen LogP contribution in [0.1, 0.15) is 18.1 Å². The van der Waals surface area contributed by atoms with Crippen molar-refractivity contribution in [3.63, 3.8) is 0 Å². The fourth-order valence-electron chi connectivity index (χ4n) is 1.50. The first-order valence-corrected chi connectivity index (χ1v) is 5.25. The molecule has 88 valence electrons. The summed E-state index contributed by atoms with van der Waals surface area (Å²) in [6.07, 6.45) is 0.336. The molecule has 0 amide bonds. The molecule has 0 aliphatic heterocycles. The summed E-state index contributed by atoms with van der Waals surface area (Å²) >= 11 is 0. The quantitative estimate of drug-likeness (QED) is 0.790. The molecule has 0 saturated heterocycles. The molecule has 0 bridgehead atoms. The highest BCUT2D eigenvalue weighted by atomic mass is 16.5. The lowest BCUT2D eigenvalue weighted by molar-refractivity contribution is -0.138. The van der Waals surface area contributed by atoms with E-state index in [2.05, 4.69) is 0 Å². The zero-order valence-corrected chi connectivity index (χ0v) is 9.56. The predicted molar refractivity (Wildman–Crippen MR) is 61.7 cm³/mol. The van der Waals surface area contributed by atoms with Gasteiger partial charge in [0.25, 0.3) is 0 Å². The number of carboxylic acids is 1. The number of benzene rings is 1. The smallest absolute Gasteiger partial charge is 0.320 e. The van der Waals surface area contributed by atoms with Gasteiger partial charge in [-0.15, -0.1) is 0 Å². The van der Waals surface area contributed by atoms with Crippen molar-refractivity contribution in [2.24, 2.45) is 5.73 Å². The largest absolute Gasteiger partial charge is 0.494 e. The van der Waals surface area contributed by atoms with Gasteiger partial charge in [-0.2, -0.15) is 0 Å². The monoisotopic (exact) mass is 223 g/mol. The van der Waals surface area contributed by atoms with Gasteiger partial charge < -0.3 is 15.6 Å². The summed E-state index contributed by atoms with van der Waals surface area (Å²) in [6.45, 7) is 4.48. The Labute approximate surface area is 95.0 Å². The van der Waals surface area contributed by atoms with E-state index in [9.17, 15) is 4.79 Å². The van der Waals surface area contributed by atoms with E-state index in [1.807, 2.05) is 32.0 Å². The molecule has 16 heavy (non-hydrogen) atoms. The van der Waals surface area contributed by atoms with Crippen molar-refractivity contribution in [2.75, 3.05) is 6.61 Å². The van der Waals surface area contributed by atoms with E-state index in [1.165, 1.54) is 0 Å². The van der Waals surface area contributed by atoms with Crippen molar-refractivity contribution in [3.8, 4) is 5.75 Å². The van der Waals surface area contributed by atoms with Gasteiger partial charge in [0.05, 0.1) is 6.61 Å². The lowest BCUT2D eigenvalue weighted by Gasteiger charge is -2.10. The molecule has 4 heteroatoms. The molecular weight excluding hydrogens is 206 g/mol. The number of ether oxygens (including phenoxy) is 1. The summed E-state index contributed by atoms with van der Waals surface area (Å²) in [5.41, 5.74) is 7.37. The van der Waals surface area contributed by atoms with Gasteiger partial charge in [-0.25, -0.2) is 0 Å². The van der Waals surface area contributed by atoms with Crippen molar-refractivity contribution in [1.82, 2.24) is 0 Å². The van der Waals surface area contributed by atoms with E-state index >= 15 is 0 Å². The molecular formula is C12H17NO3. The second-order valence-electron chi connectivity index (χ2n) is 3.68. The summed E-state index contributed by atoms with van der Waals surface area (Å²) in [7, 11) is 0. The molecule has 1 rings (SSSR count). The number of carboxylic acid groups (broad SMARTS) is 1.